The number of thioether (sulfide) groups is 1. The van der Waals surface area contributed by atoms with Crippen LogP contribution in [0.25, 0.3) is 15.9 Å². The molecule has 0 radical (unpaired) electrons. The Hall–Kier alpha value is -2.68. The zero-order chi connectivity index (χ0) is 23.7. The van der Waals surface area contributed by atoms with Crippen LogP contribution < -0.4 is 10.9 Å². The van der Waals surface area contributed by atoms with Gasteiger partial charge in [0.25, 0.3) is 5.56 Å². The van der Waals surface area contributed by atoms with Gasteiger partial charge in [-0.05, 0) is 61.7 Å². The second kappa shape index (κ2) is 9.67. The smallest absolute Gasteiger partial charge is 0.267 e. The topological polar surface area (TPSA) is 64.0 Å². The van der Waals surface area contributed by atoms with Gasteiger partial charge in [0, 0.05) is 10.6 Å². The van der Waals surface area contributed by atoms with E-state index in [4.69, 9.17) is 16.6 Å². The van der Waals surface area contributed by atoms with E-state index in [2.05, 4.69) is 12.2 Å². The molecule has 4 rings (SSSR count). The van der Waals surface area contributed by atoms with E-state index in [-0.39, 0.29) is 22.2 Å². The summed E-state index contributed by atoms with van der Waals surface area (Å²) in [6, 6.07) is 11.7. The number of benzene rings is 2. The lowest BCUT2D eigenvalue weighted by molar-refractivity contribution is -0.113. The van der Waals surface area contributed by atoms with Crippen LogP contribution in [0.15, 0.2) is 52.4 Å². The molecule has 0 aliphatic carbocycles. The number of nitrogens with zero attached hydrogens (tertiary/aromatic N) is 2. The number of fused-ring (bicyclic) bond motifs is 1. The average molecular weight is 502 g/mol. The van der Waals surface area contributed by atoms with Gasteiger partial charge in [0.05, 0.1) is 21.8 Å². The summed E-state index contributed by atoms with van der Waals surface area (Å²) in [5.41, 5.74) is 3.03. The number of nitrogens with one attached hydrogen (secondary N) is 1. The fraction of sp³-hybridized carbons (Fsp3) is 0.208. The van der Waals surface area contributed by atoms with Crippen LogP contribution in [0.3, 0.4) is 0 Å². The third kappa shape index (κ3) is 4.83. The molecule has 2 heterocycles. The van der Waals surface area contributed by atoms with Gasteiger partial charge in [-0.3, -0.25) is 14.2 Å². The number of anilines is 1. The average Bonchev–Trinajstić information content (AvgIpc) is 3.08. The molecule has 0 atom stereocenters. The Balaban J connectivity index is 1.68. The van der Waals surface area contributed by atoms with Crippen molar-refractivity contribution in [1.29, 1.82) is 0 Å². The standard InChI is InChI=1S/C24H21ClFN3O2S2/c1-4-15-5-8-17(9-6-15)29-23(31)21-13(2)14(3)33-22(21)28-24(29)32-12-20(30)27-16-7-10-19(26)18(25)11-16/h5-11H,4,12H2,1-3H3,(H,27,30). The minimum absolute atomic E-state index is 0.0172. The number of thiophene rings is 1. The fourth-order valence-corrected chi connectivity index (χ4v) is 5.45. The first kappa shape index (κ1) is 23.5. The number of aromatic nitrogens is 2. The molecule has 0 unspecified atom stereocenters. The molecule has 0 saturated carbocycles. The summed E-state index contributed by atoms with van der Waals surface area (Å²) in [5.74, 6) is -0.854. The number of rotatable bonds is 6. The largest absolute Gasteiger partial charge is 0.325 e. The predicted molar refractivity (Wildman–Crippen MR) is 135 cm³/mol. The summed E-state index contributed by atoms with van der Waals surface area (Å²) < 4.78 is 14.9. The minimum Gasteiger partial charge on any atom is -0.325 e. The van der Waals surface area contributed by atoms with E-state index in [9.17, 15) is 14.0 Å². The molecule has 2 aromatic carbocycles. The molecule has 170 valence electrons. The zero-order valence-corrected chi connectivity index (χ0v) is 20.6. The molecule has 2 aromatic heterocycles. The first-order valence-corrected chi connectivity index (χ1v) is 12.5. The van der Waals surface area contributed by atoms with E-state index in [1.54, 1.807) is 4.57 Å². The maximum absolute atomic E-state index is 13.5. The molecule has 0 spiro atoms. The van der Waals surface area contributed by atoms with Crippen molar-refractivity contribution in [2.24, 2.45) is 0 Å². The second-order valence-corrected chi connectivity index (χ2v) is 10.0. The molecular formula is C24H21ClFN3O2S2. The molecule has 0 fully saturated rings. The van der Waals surface area contributed by atoms with Gasteiger partial charge in [-0.25, -0.2) is 9.37 Å². The highest BCUT2D eigenvalue weighted by molar-refractivity contribution is 7.99. The van der Waals surface area contributed by atoms with Gasteiger partial charge in [-0.15, -0.1) is 11.3 Å². The summed E-state index contributed by atoms with van der Waals surface area (Å²) in [5, 5.41) is 3.67. The maximum Gasteiger partial charge on any atom is 0.267 e. The van der Waals surface area contributed by atoms with Crippen molar-refractivity contribution in [3.63, 3.8) is 0 Å². The van der Waals surface area contributed by atoms with Crippen LogP contribution in [0.1, 0.15) is 22.9 Å². The molecular weight excluding hydrogens is 481 g/mol. The Morgan fingerprint density at radius 3 is 2.61 bits per heavy atom. The maximum atomic E-state index is 13.5. The number of aryl methyl sites for hydroxylation is 3. The van der Waals surface area contributed by atoms with Crippen molar-refractivity contribution in [3.8, 4) is 5.69 Å². The molecule has 0 saturated heterocycles. The van der Waals surface area contributed by atoms with Gasteiger partial charge in [0.2, 0.25) is 5.91 Å². The monoisotopic (exact) mass is 501 g/mol. The Labute approximate surface area is 203 Å². The third-order valence-corrected chi connectivity index (χ3v) is 7.64. The van der Waals surface area contributed by atoms with E-state index in [1.807, 2.05) is 38.1 Å². The molecule has 1 N–H and O–H groups in total. The van der Waals surface area contributed by atoms with Gasteiger partial charge < -0.3 is 5.32 Å². The molecule has 0 bridgehead atoms. The predicted octanol–water partition coefficient (Wildman–Crippen LogP) is 6.15. The number of hydrogen-bond donors (Lipinski definition) is 1. The lowest BCUT2D eigenvalue weighted by atomic mass is 10.1. The number of carbonyl (C=O) groups is 1. The molecule has 33 heavy (non-hydrogen) atoms. The number of halogens is 2. The Kier molecular flexibility index (Phi) is 6.88. The fourth-order valence-electron chi connectivity index (χ4n) is 3.38. The second-order valence-electron chi connectivity index (χ2n) is 7.48. The number of carbonyl (C=O) groups excluding carboxylic acids is 1. The number of hydrogen-bond acceptors (Lipinski definition) is 5. The third-order valence-electron chi connectivity index (χ3n) is 5.31. The molecule has 1 amide bonds. The lowest BCUT2D eigenvalue weighted by Crippen LogP contribution is -2.23. The molecule has 4 aromatic rings. The van der Waals surface area contributed by atoms with Crippen molar-refractivity contribution in [2.75, 3.05) is 11.1 Å². The van der Waals surface area contributed by atoms with Gasteiger partial charge in [0.15, 0.2) is 5.16 Å². The van der Waals surface area contributed by atoms with E-state index >= 15 is 0 Å². The van der Waals surface area contributed by atoms with Crippen LogP contribution in [0, 0.1) is 19.7 Å². The first-order valence-electron chi connectivity index (χ1n) is 10.3. The highest BCUT2D eigenvalue weighted by Crippen LogP contribution is 2.30. The summed E-state index contributed by atoms with van der Waals surface area (Å²) in [7, 11) is 0. The van der Waals surface area contributed by atoms with Crippen molar-refractivity contribution in [2.45, 2.75) is 32.3 Å². The normalized spacial score (nSPS) is 11.2. The van der Waals surface area contributed by atoms with E-state index in [1.165, 1.54) is 41.3 Å². The van der Waals surface area contributed by atoms with Crippen molar-refractivity contribution < 1.29 is 9.18 Å². The summed E-state index contributed by atoms with van der Waals surface area (Å²) in [6.45, 7) is 5.96. The molecule has 0 aliphatic rings. The highest BCUT2D eigenvalue weighted by atomic mass is 35.5. The van der Waals surface area contributed by atoms with E-state index in [0.717, 1.165) is 22.4 Å². The van der Waals surface area contributed by atoms with Gasteiger partial charge in [-0.2, -0.15) is 0 Å². The van der Waals surface area contributed by atoms with Gasteiger partial charge in [-0.1, -0.05) is 42.4 Å². The van der Waals surface area contributed by atoms with Gasteiger partial charge >= 0.3 is 0 Å². The lowest BCUT2D eigenvalue weighted by Gasteiger charge is -2.13. The van der Waals surface area contributed by atoms with Crippen molar-refractivity contribution >= 4 is 56.5 Å². The summed E-state index contributed by atoms with van der Waals surface area (Å²) in [6.07, 6.45) is 0.893. The summed E-state index contributed by atoms with van der Waals surface area (Å²) in [4.78, 5) is 32.5. The minimum atomic E-state index is -0.554. The van der Waals surface area contributed by atoms with Crippen LogP contribution in [0.4, 0.5) is 10.1 Å². The highest BCUT2D eigenvalue weighted by Gasteiger charge is 2.19. The first-order chi connectivity index (χ1) is 15.8. The molecule has 5 nitrogen and oxygen atoms in total. The Morgan fingerprint density at radius 2 is 1.94 bits per heavy atom. The zero-order valence-electron chi connectivity index (χ0n) is 18.2. The Bertz CT molecular complexity index is 1410. The van der Waals surface area contributed by atoms with Crippen LogP contribution in [-0.2, 0) is 11.2 Å². The summed E-state index contributed by atoms with van der Waals surface area (Å²) >= 11 is 8.43. The number of amides is 1. The quantitative estimate of drug-likeness (QED) is 0.254. The van der Waals surface area contributed by atoms with Gasteiger partial charge in [0.1, 0.15) is 10.6 Å². The van der Waals surface area contributed by atoms with Crippen molar-refractivity contribution in [1.82, 2.24) is 9.55 Å². The molecule has 9 heteroatoms. The van der Waals surface area contributed by atoms with E-state index < -0.39 is 5.82 Å². The molecule has 0 aliphatic heterocycles. The van der Waals surface area contributed by atoms with E-state index in [0.29, 0.717) is 26.7 Å². The Morgan fingerprint density at radius 1 is 1.21 bits per heavy atom. The van der Waals surface area contributed by atoms with Crippen LogP contribution in [0.5, 0.6) is 0 Å². The van der Waals surface area contributed by atoms with Crippen LogP contribution in [0.2, 0.25) is 5.02 Å². The van der Waals surface area contributed by atoms with Crippen LogP contribution in [-0.4, -0.2) is 21.2 Å². The SMILES string of the molecule is CCc1ccc(-n2c(SCC(=O)Nc3ccc(F)c(Cl)c3)nc3sc(C)c(C)c3c2=O)cc1. The van der Waals surface area contributed by atoms with Crippen molar-refractivity contribution in [3.05, 3.63) is 79.7 Å². The van der Waals surface area contributed by atoms with Crippen LogP contribution >= 0.6 is 34.7 Å².